The summed E-state index contributed by atoms with van der Waals surface area (Å²) in [6.07, 6.45) is 1.53. The third-order valence-electron chi connectivity index (χ3n) is 4.70. The van der Waals surface area contributed by atoms with Gasteiger partial charge in [-0.25, -0.2) is 0 Å². The van der Waals surface area contributed by atoms with E-state index in [0.717, 1.165) is 18.4 Å². The Morgan fingerprint density at radius 2 is 2.08 bits per heavy atom. The number of carboxylic acid groups (broad SMARTS) is 1. The van der Waals surface area contributed by atoms with E-state index in [1.807, 2.05) is 12.1 Å². The van der Waals surface area contributed by atoms with Gasteiger partial charge in [0.05, 0.1) is 6.42 Å². The lowest BCUT2D eigenvalue weighted by Gasteiger charge is -2.22. The first-order valence-electron chi connectivity index (χ1n) is 8.68. The van der Waals surface area contributed by atoms with Gasteiger partial charge in [0.25, 0.3) is 5.91 Å². The van der Waals surface area contributed by atoms with Crippen LogP contribution in [0.25, 0.3) is 11.3 Å². The Hall–Kier alpha value is -2.56. The van der Waals surface area contributed by atoms with E-state index >= 15 is 0 Å². The Balaban J connectivity index is 1.80. The van der Waals surface area contributed by atoms with Gasteiger partial charge in [0.15, 0.2) is 5.76 Å². The number of amides is 1. The summed E-state index contributed by atoms with van der Waals surface area (Å²) in [7, 11) is 0. The van der Waals surface area contributed by atoms with E-state index in [0.29, 0.717) is 18.2 Å². The summed E-state index contributed by atoms with van der Waals surface area (Å²) in [6.45, 7) is 4.84. The van der Waals surface area contributed by atoms with Crippen molar-refractivity contribution in [3.05, 3.63) is 47.7 Å². The molecule has 1 aliphatic rings. The number of likely N-dealkylation sites (tertiary alicyclic amines) is 1. The Morgan fingerprint density at radius 1 is 1.28 bits per heavy atom. The lowest BCUT2D eigenvalue weighted by Crippen LogP contribution is -2.36. The minimum atomic E-state index is -0.879. The van der Waals surface area contributed by atoms with E-state index in [4.69, 9.17) is 9.52 Å². The van der Waals surface area contributed by atoms with Crippen molar-refractivity contribution >= 4 is 11.9 Å². The van der Waals surface area contributed by atoms with Crippen LogP contribution in [0.2, 0.25) is 0 Å². The predicted octanol–water partition coefficient (Wildman–Crippen LogP) is 4.15. The summed E-state index contributed by atoms with van der Waals surface area (Å²) in [5.74, 6) is 0.227. The summed E-state index contributed by atoms with van der Waals surface area (Å²) in [6, 6.07) is 11.3. The fourth-order valence-electron chi connectivity index (χ4n) is 3.32. The average molecular weight is 341 g/mol. The molecule has 1 aromatic carbocycles. The molecule has 25 heavy (non-hydrogen) atoms. The van der Waals surface area contributed by atoms with E-state index in [1.165, 1.54) is 5.56 Å². The van der Waals surface area contributed by atoms with Crippen LogP contribution in [0, 0.1) is 0 Å². The fourth-order valence-corrected chi connectivity index (χ4v) is 3.32. The Morgan fingerprint density at radius 3 is 2.80 bits per heavy atom. The van der Waals surface area contributed by atoms with E-state index in [2.05, 4.69) is 26.0 Å². The standard InChI is InChI=1S/C20H23NO4/c1-13(2)14-5-3-6-15(11-14)17-8-9-18(25-17)20(24)21-10-4-7-16(21)12-19(22)23/h3,5-6,8-9,11,13,16H,4,7,10,12H2,1-2H3,(H,22,23). The monoisotopic (exact) mass is 341 g/mol. The van der Waals surface area contributed by atoms with Crippen molar-refractivity contribution in [3.63, 3.8) is 0 Å². The first-order valence-corrected chi connectivity index (χ1v) is 8.68. The molecule has 5 heteroatoms. The van der Waals surface area contributed by atoms with Crippen LogP contribution in [-0.4, -0.2) is 34.5 Å². The number of carboxylic acids is 1. The molecule has 0 radical (unpaired) electrons. The molecular weight excluding hydrogens is 318 g/mol. The van der Waals surface area contributed by atoms with Crippen LogP contribution in [0.1, 0.15) is 55.1 Å². The highest BCUT2D eigenvalue weighted by Crippen LogP contribution is 2.28. The number of benzene rings is 1. The fraction of sp³-hybridized carbons (Fsp3) is 0.400. The van der Waals surface area contributed by atoms with Crippen LogP contribution >= 0.6 is 0 Å². The van der Waals surface area contributed by atoms with Crippen LogP contribution in [0.5, 0.6) is 0 Å². The van der Waals surface area contributed by atoms with Gasteiger partial charge in [-0.3, -0.25) is 9.59 Å². The molecule has 1 aliphatic heterocycles. The summed E-state index contributed by atoms with van der Waals surface area (Å²) < 4.78 is 5.79. The molecule has 2 aromatic rings. The smallest absolute Gasteiger partial charge is 0.305 e. The largest absolute Gasteiger partial charge is 0.481 e. The number of nitrogens with zero attached hydrogens (tertiary/aromatic N) is 1. The maximum absolute atomic E-state index is 12.7. The summed E-state index contributed by atoms with van der Waals surface area (Å²) in [5.41, 5.74) is 2.15. The van der Waals surface area contributed by atoms with Crippen molar-refractivity contribution in [2.75, 3.05) is 6.54 Å². The van der Waals surface area contributed by atoms with Gasteiger partial charge in [0, 0.05) is 18.2 Å². The van der Waals surface area contributed by atoms with E-state index < -0.39 is 5.97 Å². The summed E-state index contributed by atoms with van der Waals surface area (Å²) in [4.78, 5) is 25.3. The summed E-state index contributed by atoms with van der Waals surface area (Å²) >= 11 is 0. The maximum Gasteiger partial charge on any atom is 0.305 e. The minimum Gasteiger partial charge on any atom is -0.481 e. The van der Waals surface area contributed by atoms with E-state index in [-0.39, 0.29) is 24.1 Å². The van der Waals surface area contributed by atoms with Crippen LogP contribution < -0.4 is 0 Å². The highest BCUT2D eigenvalue weighted by molar-refractivity contribution is 5.92. The normalized spacial score (nSPS) is 17.2. The molecule has 1 saturated heterocycles. The molecule has 1 aromatic heterocycles. The van der Waals surface area contributed by atoms with Gasteiger partial charge < -0.3 is 14.4 Å². The molecule has 132 valence electrons. The zero-order valence-electron chi connectivity index (χ0n) is 14.6. The van der Waals surface area contributed by atoms with Crippen molar-refractivity contribution < 1.29 is 19.1 Å². The first kappa shape index (κ1) is 17.3. The predicted molar refractivity (Wildman–Crippen MR) is 94.5 cm³/mol. The SMILES string of the molecule is CC(C)c1cccc(-c2ccc(C(=O)N3CCCC3CC(=O)O)o2)c1. The minimum absolute atomic E-state index is 0.0181. The van der Waals surface area contributed by atoms with Gasteiger partial charge in [0.1, 0.15) is 5.76 Å². The van der Waals surface area contributed by atoms with E-state index in [1.54, 1.807) is 17.0 Å². The Labute approximate surface area is 147 Å². The van der Waals surface area contributed by atoms with Crippen LogP contribution in [0.3, 0.4) is 0 Å². The lowest BCUT2D eigenvalue weighted by molar-refractivity contribution is -0.137. The van der Waals surface area contributed by atoms with Gasteiger partial charge in [-0.1, -0.05) is 32.0 Å². The molecule has 0 saturated carbocycles. The molecular formula is C20H23NO4. The molecule has 5 nitrogen and oxygen atoms in total. The zero-order valence-corrected chi connectivity index (χ0v) is 14.6. The number of furan rings is 1. The van der Waals surface area contributed by atoms with Crippen molar-refractivity contribution in [2.24, 2.45) is 0 Å². The molecule has 2 heterocycles. The second-order valence-corrected chi connectivity index (χ2v) is 6.84. The second kappa shape index (κ2) is 7.13. The van der Waals surface area contributed by atoms with Crippen LogP contribution in [0.15, 0.2) is 40.8 Å². The molecule has 1 fully saturated rings. The van der Waals surface area contributed by atoms with Crippen molar-refractivity contribution in [3.8, 4) is 11.3 Å². The number of carbonyl (C=O) groups is 2. The van der Waals surface area contributed by atoms with Crippen molar-refractivity contribution in [2.45, 2.75) is 45.1 Å². The van der Waals surface area contributed by atoms with Crippen molar-refractivity contribution in [1.82, 2.24) is 4.90 Å². The van der Waals surface area contributed by atoms with Crippen LogP contribution in [-0.2, 0) is 4.79 Å². The highest BCUT2D eigenvalue weighted by atomic mass is 16.4. The number of rotatable bonds is 5. The molecule has 1 unspecified atom stereocenters. The lowest BCUT2D eigenvalue weighted by atomic mass is 10.0. The van der Waals surface area contributed by atoms with E-state index in [9.17, 15) is 9.59 Å². The Bertz CT molecular complexity index is 778. The molecule has 1 amide bonds. The first-order chi connectivity index (χ1) is 12.0. The molecule has 0 bridgehead atoms. The average Bonchev–Trinajstić information content (AvgIpc) is 3.23. The maximum atomic E-state index is 12.7. The topological polar surface area (TPSA) is 70.8 Å². The highest BCUT2D eigenvalue weighted by Gasteiger charge is 2.32. The number of hydrogen-bond acceptors (Lipinski definition) is 3. The third kappa shape index (κ3) is 3.76. The second-order valence-electron chi connectivity index (χ2n) is 6.84. The number of aliphatic carboxylic acids is 1. The molecule has 1 N–H and O–H groups in total. The molecule has 0 spiro atoms. The number of carbonyl (C=O) groups excluding carboxylic acids is 1. The van der Waals surface area contributed by atoms with Crippen LogP contribution in [0.4, 0.5) is 0 Å². The van der Waals surface area contributed by atoms with Gasteiger partial charge in [0.2, 0.25) is 0 Å². The molecule has 3 rings (SSSR count). The summed E-state index contributed by atoms with van der Waals surface area (Å²) in [5, 5.41) is 9.01. The zero-order chi connectivity index (χ0) is 18.0. The number of hydrogen-bond donors (Lipinski definition) is 1. The quantitative estimate of drug-likeness (QED) is 0.887. The van der Waals surface area contributed by atoms with Gasteiger partial charge in [-0.05, 0) is 42.5 Å². The third-order valence-corrected chi connectivity index (χ3v) is 4.70. The van der Waals surface area contributed by atoms with Gasteiger partial charge >= 0.3 is 5.97 Å². The van der Waals surface area contributed by atoms with Gasteiger partial charge in [-0.2, -0.15) is 0 Å². The van der Waals surface area contributed by atoms with Crippen molar-refractivity contribution in [1.29, 1.82) is 0 Å². The molecule has 0 aliphatic carbocycles. The Kier molecular flexibility index (Phi) is 4.93. The molecule has 1 atom stereocenters. The van der Waals surface area contributed by atoms with Gasteiger partial charge in [-0.15, -0.1) is 0 Å².